The molecular formula is C13H20BrClN2O3. The molecule has 2 N–H and O–H groups in total. The highest BCUT2D eigenvalue weighted by Crippen LogP contribution is 2.33. The van der Waals surface area contributed by atoms with Gasteiger partial charge < -0.3 is 20.1 Å². The second-order valence-electron chi connectivity index (χ2n) is 3.93. The number of nitrogens with one attached hydrogen (secondary N) is 2. The first-order valence-electron chi connectivity index (χ1n) is 5.94. The summed E-state index contributed by atoms with van der Waals surface area (Å²) in [6, 6.07) is 3.68. The molecule has 1 amide bonds. The summed E-state index contributed by atoms with van der Waals surface area (Å²) < 4.78 is 11.3. The predicted octanol–water partition coefficient (Wildman–Crippen LogP) is 2.11. The Bertz CT molecular complexity index is 444. The van der Waals surface area contributed by atoms with E-state index >= 15 is 0 Å². The Morgan fingerprint density at radius 2 is 1.85 bits per heavy atom. The van der Waals surface area contributed by atoms with Gasteiger partial charge in [-0.3, -0.25) is 4.79 Å². The smallest absolute Gasteiger partial charge is 0.221 e. The summed E-state index contributed by atoms with van der Waals surface area (Å²) in [7, 11) is 4.99. The van der Waals surface area contributed by atoms with Gasteiger partial charge in [0.05, 0.1) is 14.2 Å². The summed E-state index contributed by atoms with van der Waals surface area (Å²) in [6.45, 7) is 1.11. The van der Waals surface area contributed by atoms with Crippen molar-refractivity contribution in [3.8, 4) is 11.5 Å². The first kappa shape index (κ1) is 19.0. The van der Waals surface area contributed by atoms with Crippen LogP contribution in [0.3, 0.4) is 0 Å². The molecule has 0 aliphatic carbocycles. The van der Waals surface area contributed by atoms with Gasteiger partial charge in [-0.15, -0.1) is 12.4 Å². The summed E-state index contributed by atoms with van der Waals surface area (Å²) in [5.41, 5.74) is 0.940. The van der Waals surface area contributed by atoms with Crippen LogP contribution in [0.1, 0.15) is 12.0 Å². The van der Waals surface area contributed by atoms with Gasteiger partial charge in [-0.1, -0.05) is 15.9 Å². The van der Waals surface area contributed by atoms with Gasteiger partial charge in [0.25, 0.3) is 0 Å². The Morgan fingerprint density at radius 3 is 2.40 bits per heavy atom. The number of amides is 1. The van der Waals surface area contributed by atoms with E-state index < -0.39 is 0 Å². The fourth-order valence-corrected chi connectivity index (χ4v) is 2.02. The van der Waals surface area contributed by atoms with E-state index in [1.165, 1.54) is 0 Å². The lowest BCUT2D eigenvalue weighted by molar-refractivity contribution is -0.121. The fourth-order valence-electron chi connectivity index (χ4n) is 1.55. The molecule has 0 heterocycles. The van der Waals surface area contributed by atoms with Crippen molar-refractivity contribution >= 4 is 34.2 Å². The zero-order valence-electron chi connectivity index (χ0n) is 11.8. The maximum absolute atomic E-state index is 11.5. The molecule has 0 saturated carbocycles. The van der Waals surface area contributed by atoms with Gasteiger partial charge in [0.2, 0.25) is 5.91 Å². The second kappa shape index (κ2) is 9.85. The van der Waals surface area contributed by atoms with Crippen molar-refractivity contribution in [2.45, 2.75) is 13.0 Å². The van der Waals surface area contributed by atoms with Gasteiger partial charge in [-0.25, -0.2) is 0 Å². The number of benzene rings is 1. The van der Waals surface area contributed by atoms with Crippen LogP contribution in [0.5, 0.6) is 11.5 Å². The molecule has 20 heavy (non-hydrogen) atoms. The highest BCUT2D eigenvalue weighted by atomic mass is 79.9. The summed E-state index contributed by atoms with van der Waals surface area (Å²) in [5.74, 6) is 1.31. The Kier molecular flexibility index (Phi) is 9.37. The highest BCUT2D eigenvalue weighted by Gasteiger charge is 2.10. The summed E-state index contributed by atoms with van der Waals surface area (Å²) in [4.78, 5) is 11.5. The van der Waals surface area contributed by atoms with E-state index in [0.717, 1.165) is 10.0 Å². The van der Waals surface area contributed by atoms with E-state index in [9.17, 15) is 4.79 Å². The van der Waals surface area contributed by atoms with Crippen molar-refractivity contribution in [3.63, 3.8) is 0 Å². The van der Waals surface area contributed by atoms with Crippen LogP contribution >= 0.6 is 28.3 Å². The molecule has 0 aromatic heterocycles. The third-order valence-electron chi connectivity index (χ3n) is 2.63. The number of hydrogen-bond acceptors (Lipinski definition) is 4. The van der Waals surface area contributed by atoms with Crippen molar-refractivity contribution in [3.05, 3.63) is 22.2 Å². The number of hydrogen-bond donors (Lipinski definition) is 2. The van der Waals surface area contributed by atoms with Crippen molar-refractivity contribution in [1.29, 1.82) is 0 Å². The molecule has 0 fully saturated rings. The van der Waals surface area contributed by atoms with Gasteiger partial charge in [-0.05, 0) is 24.7 Å². The average Bonchev–Trinajstić information content (AvgIpc) is 2.43. The first-order valence-corrected chi connectivity index (χ1v) is 6.73. The van der Waals surface area contributed by atoms with Gasteiger partial charge in [0.15, 0.2) is 11.5 Å². The molecule has 0 aliphatic rings. The summed E-state index contributed by atoms with van der Waals surface area (Å²) in [5, 5.41) is 5.79. The van der Waals surface area contributed by atoms with Gasteiger partial charge in [-0.2, -0.15) is 0 Å². The maximum Gasteiger partial charge on any atom is 0.221 e. The summed E-state index contributed by atoms with van der Waals surface area (Å²) >= 11 is 3.45. The van der Waals surface area contributed by atoms with E-state index in [2.05, 4.69) is 26.6 Å². The Balaban J connectivity index is 0.00000361. The largest absolute Gasteiger partial charge is 0.493 e. The number of rotatable bonds is 7. The van der Waals surface area contributed by atoms with Crippen LogP contribution in [0.15, 0.2) is 16.6 Å². The standard InChI is InChI=1S/C13H19BrN2O3.ClH/c1-15-5-4-13(17)16-8-9-6-11(18-2)12(19-3)7-10(9)14;/h6-7,15H,4-5,8H2,1-3H3,(H,16,17);1H. The second-order valence-corrected chi connectivity index (χ2v) is 4.78. The average molecular weight is 368 g/mol. The lowest BCUT2D eigenvalue weighted by Gasteiger charge is -2.12. The van der Waals surface area contributed by atoms with Crippen molar-refractivity contribution in [1.82, 2.24) is 10.6 Å². The van der Waals surface area contributed by atoms with E-state index in [1.807, 2.05) is 19.2 Å². The minimum Gasteiger partial charge on any atom is -0.493 e. The quantitative estimate of drug-likeness (QED) is 0.775. The zero-order valence-corrected chi connectivity index (χ0v) is 14.2. The molecule has 7 heteroatoms. The molecule has 1 aromatic rings. The lowest BCUT2D eigenvalue weighted by Crippen LogP contribution is -2.26. The third kappa shape index (κ3) is 5.56. The predicted molar refractivity (Wildman–Crippen MR) is 84.9 cm³/mol. The number of halogens is 2. The molecule has 0 radical (unpaired) electrons. The lowest BCUT2D eigenvalue weighted by atomic mass is 10.2. The van der Waals surface area contributed by atoms with E-state index in [0.29, 0.717) is 31.0 Å². The van der Waals surface area contributed by atoms with E-state index in [1.54, 1.807) is 14.2 Å². The molecule has 0 saturated heterocycles. The topological polar surface area (TPSA) is 59.6 Å². The third-order valence-corrected chi connectivity index (χ3v) is 3.37. The molecule has 1 aromatic carbocycles. The van der Waals surface area contributed by atoms with Crippen LogP contribution in [0.2, 0.25) is 0 Å². The van der Waals surface area contributed by atoms with Crippen molar-refractivity contribution in [2.75, 3.05) is 27.8 Å². The van der Waals surface area contributed by atoms with Crippen LogP contribution in [0, 0.1) is 0 Å². The minimum atomic E-state index is 0. The van der Waals surface area contributed by atoms with E-state index in [4.69, 9.17) is 9.47 Å². The minimum absolute atomic E-state index is 0. The Hall–Kier alpha value is -0.980. The number of carbonyl (C=O) groups excluding carboxylic acids is 1. The number of methoxy groups -OCH3 is 2. The number of ether oxygens (including phenoxy) is 2. The SMILES string of the molecule is CNCCC(=O)NCc1cc(OC)c(OC)cc1Br.Cl. The first-order chi connectivity index (χ1) is 9.12. The highest BCUT2D eigenvalue weighted by molar-refractivity contribution is 9.10. The van der Waals surface area contributed by atoms with Crippen LogP contribution < -0.4 is 20.1 Å². The molecule has 5 nitrogen and oxygen atoms in total. The Labute approximate surface area is 133 Å². The maximum atomic E-state index is 11.5. The summed E-state index contributed by atoms with van der Waals surface area (Å²) in [6.07, 6.45) is 0.460. The van der Waals surface area contributed by atoms with Gasteiger partial charge in [0, 0.05) is 24.0 Å². The number of carbonyl (C=O) groups is 1. The van der Waals surface area contributed by atoms with Crippen LogP contribution in [0.25, 0.3) is 0 Å². The monoisotopic (exact) mass is 366 g/mol. The zero-order chi connectivity index (χ0) is 14.3. The van der Waals surface area contributed by atoms with Gasteiger partial charge in [0.1, 0.15) is 0 Å². The normalized spacial score (nSPS) is 9.60. The van der Waals surface area contributed by atoms with Crippen molar-refractivity contribution < 1.29 is 14.3 Å². The Morgan fingerprint density at radius 1 is 1.25 bits per heavy atom. The van der Waals surface area contributed by atoms with Crippen LogP contribution in [-0.4, -0.2) is 33.7 Å². The molecule has 114 valence electrons. The molecule has 0 spiro atoms. The van der Waals surface area contributed by atoms with Crippen LogP contribution in [0.4, 0.5) is 0 Å². The molecule has 0 bridgehead atoms. The molecule has 0 atom stereocenters. The van der Waals surface area contributed by atoms with E-state index in [-0.39, 0.29) is 18.3 Å². The van der Waals surface area contributed by atoms with Crippen LogP contribution in [-0.2, 0) is 11.3 Å². The molecule has 1 rings (SSSR count). The molecule has 0 aliphatic heterocycles. The van der Waals surface area contributed by atoms with Gasteiger partial charge >= 0.3 is 0 Å². The fraction of sp³-hybridized carbons (Fsp3) is 0.462. The molecule has 0 unspecified atom stereocenters. The van der Waals surface area contributed by atoms with Crippen molar-refractivity contribution in [2.24, 2.45) is 0 Å². The molecular weight excluding hydrogens is 348 g/mol.